The van der Waals surface area contributed by atoms with Crippen LogP contribution < -0.4 is 10.1 Å². The van der Waals surface area contributed by atoms with Crippen LogP contribution in [0, 0.1) is 0 Å². The summed E-state index contributed by atoms with van der Waals surface area (Å²) in [4.78, 5) is 0. The molecule has 0 aromatic heterocycles. The van der Waals surface area contributed by atoms with Crippen molar-refractivity contribution in [3.05, 3.63) is 64.1 Å². The normalized spacial score (nSPS) is 10.6. The van der Waals surface area contributed by atoms with Crippen LogP contribution in [0.2, 0.25) is 0 Å². The minimum absolute atomic E-state index is 0.733. The van der Waals surface area contributed by atoms with Crippen LogP contribution in [0.3, 0.4) is 0 Å². The van der Waals surface area contributed by atoms with E-state index in [2.05, 4.69) is 58.5 Å². The molecular formula is C18H22BrNO. The number of hydrogen-bond acceptors (Lipinski definition) is 2. The monoisotopic (exact) mass is 347 g/mol. The van der Waals surface area contributed by atoms with Crippen molar-refractivity contribution in [2.45, 2.75) is 26.3 Å². The Hall–Kier alpha value is -1.32. The van der Waals surface area contributed by atoms with E-state index in [9.17, 15) is 0 Å². The largest absolute Gasteiger partial charge is 0.492 e. The Morgan fingerprint density at radius 3 is 2.62 bits per heavy atom. The van der Waals surface area contributed by atoms with E-state index in [0.29, 0.717) is 0 Å². The fourth-order valence-electron chi connectivity index (χ4n) is 2.21. The second kappa shape index (κ2) is 8.85. The third-order valence-electron chi connectivity index (χ3n) is 3.31. The van der Waals surface area contributed by atoms with E-state index in [1.807, 2.05) is 18.2 Å². The van der Waals surface area contributed by atoms with Crippen LogP contribution in [0.4, 0.5) is 0 Å². The molecular weight excluding hydrogens is 326 g/mol. The first-order valence-corrected chi connectivity index (χ1v) is 8.25. The molecule has 3 heteroatoms. The molecule has 2 aromatic rings. The van der Waals surface area contributed by atoms with Crippen LogP contribution in [0.5, 0.6) is 5.75 Å². The summed E-state index contributed by atoms with van der Waals surface area (Å²) >= 11 is 3.58. The van der Waals surface area contributed by atoms with Gasteiger partial charge in [-0.05, 0) is 46.9 Å². The molecule has 0 bridgehead atoms. The summed E-state index contributed by atoms with van der Waals surface area (Å²) in [5, 5.41) is 3.35. The lowest BCUT2D eigenvalue weighted by atomic mass is 10.1. The van der Waals surface area contributed by atoms with Gasteiger partial charge in [0.25, 0.3) is 0 Å². The Balaban J connectivity index is 1.87. The molecule has 0 fully saturated rings. The zero-order chi connectivity index (χ0) is 14.9. The maximum atomic E-state index is 6.00. The van der Waals surface area contributed by atoms with Gasteiger partial charge in [0, 0.05) is 12.1 Å². The molecule has 0 unspecified atom stereocenters. The second-order valence-electron chi connectivity index (χ2n) is 4.95. The summed E-state index contributed by atoms with van der Waals surface area (Å²) in [6, 6.07) is 16.7. The predicted octanol–water partition coefficient (Wildman–Crippen LogP) is 4.57. The summed E-state index contributed by atoms with van der Waals surface area (Å²) in [5.74, 6) is 0.964. The van der Waals surface area contributed by atoms with Gasteiger partial charge in [-0.25, -0.2) is 0 Å². The molecule has 0 heterocycles. The molecule has 21 heavy (non-hydrogen) atoms. The van der Waals surface area contributed by atoms with Crippen molar-refractivity contribution in [3.8, 4) is 5.75 Å². The summed E-state index contributed by atoms with van der Waals surface area (Å²) in [6.45, 7) is 4.64. The lowest BCUT2D eigenvalue weighted by molar-refractivity contribution is 0.305. The van der Waals surface area contributed by atoms with Crippen molar-refractivity contribution in [2.75, 3.05) is 13.2 Å². The lowest BCUT2D eigenvalue weighted by Gasteiger charge is -2.13. The first-order chi connectivity index (χ1) is 10.3. The van der Waals surface area contributed by atoms with Gasteiger partial charge < -0.3 is 10.1 Å². The molecule has 0 aliphatic heterocycles. The van der Waals surface area contributed by atoms with Gasteiger partial charge in [0.15, 0.2) is 0 Å². The number of benzene rings is 2. The molecule has 2 rings (SSSR count). The van der Waals surface area contributed by atoms with E-state index in [1.54, 1.807) is 0 Å². The van der Waals surface area contributed by atoms with Crippen LogP contribution >= 0.6 is 15.9 Å². The van der Waals surface area contributed by atoms with E-state index in [0.717, 1.165) is 42.8 Å². The average Bonchev–Trinajstić information content (AvgIpc) is 2.52. The Labute approximate surface area is 135 Å². The summed E-state index contributed by atoms with van der Waals surface area (Å²) in [5.41, 5.74) is 2.56. The highest BCUT2D eigenvalue weighted by Gasteiger charge is 2.07. The molecule has 0 atom stereocenters. The van der Waals surface area contributed by atoms with Crippen LogP contribution in [0.25, 0.3) is 0 Å². The molecule has 0 aliphatic carbocycles. The Morgan fingerprint density at radius 1 is 1.05 bits per heavy atom. The lowest BCUT2D eigenvalue weighted by Crippen LogP contribution is -2.13. The van der Waals surface area contributed by atoms with E-state index >= 15 is 0 Å². The van der Waals surface area contributed by atoms with Gasteiger partial charge in [-0.3, -0.25) is 0 Å². The number of aryl methyl sites for hydroxylation is 1. The zero-order valence-electron chi connectivity index (χ0n) is 12.4. The molecule has 0 saturated carbocycles. The second-order valence-corrected chi connectivity index (χ2v) is 5.80. The molecule has 0 aliphatic rings. The minimum Gasteiger partial charge on any atom is -0.492 e. The maximum absolute atomic E-state index is 6.00. The quantitative estimate of drug-likeness (QED) is 0.706. The molecule has 0 saturated heterocycles. The van der Waals surface area contributed by atoms with Crippen LogP contribution in [-0.4, -0.2) is 13.2 Å². The third-order valence-corrected chi connectivity index (χ3v) is 3.94. The first-order valence-electron chi connectivity index (χ1n) is 7.46. The Morgan fingerprint density at radius 2 is 1.86 bits per heavy atom. The number of hydrogen-bond donors (Lipinski definition) is 1. The Bertz CT molecular complexity index is 542. The van der Waals surface area contributed by atoms with E-state index in [4.69, 9.17) is 4.74 Å². The molecule has 1 N–H and O–H groups in total. The number of halogens is 1. The molecule has 0 radical (unpaired) electrons. The number of para-hydroxylation sites is 1. The Kier molecular flexibility index (Phi) is 6.77. The van der Waals surface area contributed by atoms with Crippen LogP contribution in [-0.2, 0) is 13.0 Å². The van der Waals surface area contributed by atoms with Crippen molar-refractivity contribution in [1.82, 2.24) is 5.32 Å². The smallest absolute Gasteiger partial charge is 0.137 e. The molecule has 2 aromatic carbocycles. The average molecular weight is 348 g/mol. The molecule has 112 valence electrons. The summed E-state index contributed by atoms with van der Waals surface area (Å²) in [7, 11) is 0. The van der Waals surface area contributed by atoms with E-state index < -0.39 is 0 Å². The highest BCUT2D eigenvalue weighted by Crippen LogP contribution is 2.29. The predicted molar refractivity (Wildman–Crippen MR) is 91.8 cm³/mol. The standard InChI is InChI=1S/C18H22BrNO/c1-2-20-14-16-11-6-12-17(19)18(16)21-13-7-10-15-8-4-3-5-9-15/h3-6,8-9,11-12,20H,2,7,10,13-14H2,1H3. The summed E-state index contributed by atoms with van der Waals surface area (Å²) < 4.78 is 7.03. The summed E-state index contributed by atoms with van der Waals surface area (Å²) in [6.07, 6.45) is 2.07. The maximum Gasteiger partial charge on any atom is 0.137 e. The van der Waals surface area contributed by atoms with Gasteiger partial charge in [0.2, 0.25) is 0 Å². The van der Waals surface area contributed by atoms with Gasteiger partial charge in [-0.1, -0.05) is 49.4 Å². The first kappa shape index (κ1) is 16.1. The molecule has 2 nitrogen and oxygen atoms in total. The number of nitrogens with one attached hydrogen (secondary N) is 1. The van der Waals surface area contributed by atoms with Crippen molar-refractivity contribution < 1.29 is 4.74 Å². The van der Waals surface area contributed by atoms with Gasteiger partial charge in [0.05, 0.1) is 11.1 Å². The van der Waals surface area contributed by atoms with E-state index in [-0.39, 0.29) is 0 Å². The van der Waals surface area contributed by atoms with Gasteiger partial charge in [0.1, 0.15) is 5.75 Å². The van der Waals surface area contributed by atoms with Gasteiger partial charge in [-0.2, -0.15) is 0 Å². The SMILES string of the molecule is CCNCc1cccc(Br)c1OCCCc1ccccc1. The topological polar surface area (TPSA) is 21.3 Å². The zero-order valence-corrected chi connectivity index (χ0v) is 14.0. The fraction of sp³-hybridized carbons (Fsp3) is 0.333. The van der Waals surface area contributed by atoms with Crippen LogP contribution in [0.15, 0.2) is 53.0 Å². The fourth-order valence-corrected chi connectivity index (χ4v) is 2.73. The van der Waals surface area contributed by atoms with Crippen molar-refractivity contribution >= 4 is 15.9 Å². The number of rotatable bonds is 8. The van der Waals surface area contributed by atoms with E-state index in [1.165, 1.54) is 11.1 Å². The highest BCUT2D eigenvalue weighted by atomic mass is 79.9. The van der Waals surface area contributed by atoms with Crippen LogP contribution in [0.1, 0.15) is 24.5 Å². The molecule has 0 spiro atoms. The molecule has 0 amide bonds. The van der Waals surface area contributed by atoms with Crippen molar-refractivity contribution in [3.63, 3.8) is 0 Å². The van der Waals surface area contributed by atoms with Gasteiger partial charge >= 0.3 is 0 Å². The van der Waals surface area contributed by atoms with Crippen molar-refractivity contribution in [1.29, 1.82) is 0 Å². The minimum atomic E-state index is 0.733. The third kappa shape index (κ3) is 5.18. The number of ether oxygens (including phenoxy) is 1. The highest BCUT2D eigenvalue weighted by molar-refractivity contribution is 9.10. The van der Waals surface area contributed by atoms with Crippen molar-refractivity contribution in [2.24, 2.45) is 0 Å². The van der Waals surface area contributed by atoms with Gasteiger partial charge in [-0.15, -0.1) is 0 Å².